The number of nitro groups is 1. The number of carbonyl (C=O) groups excluding carboxylic acids is 1. The highest BCUT2D eigenvalue weighted by molar-refractivity contribution is 9.10. The summed E-state index contributed by atoms with van der Waals surface area (Å²) in [5.41, 5.74) is -0.569. The molecule has 1 heterocycles. The van der Waals surface area contributed by atoms with Crippen molar-refractivity contribution in [3.8, 4) is 0 Å². The van der Waals surface area contributed by atoms with Crippen LogP contribution >= 0.6 is 15.9 Å². The van der Waals surface area contributed by atoms with Crippen LogP contribution < -0.4 is 10.9 Å². The van der Waals surface area contributed by atoms with Crippen LogP contribution in [0.25, 0.3) is 11.0 Å². The van der Waals surface area contributed by atoms with Crippen LogP contribution in [0.1, 0.15) is 10.4 Å². The van der Waals surface area contributed by atoms with Gasteiger partial charge in [0.05, 0.1) is 4.92 Å². The fourth-order valence-electron chi connectivity index (χ4n) is 2.15. The van der Waals surface area contributed by atoms with E-state index in [2.05, 4.69) is 21.2 Å². The largest absolute Gasteiger partial charge is 0.422 e. The first-order chi connectivity index (χ1) is 11.4. The van der Waals surface area contributed by atoms with Gasteiger partial charge in [-0.1, -0.05) is 22.0 Å². The van der Waals surface area contributed by atoms with E-state index in [1.807, 2.05) is 0 Å². The molecule has 0 bridgehead atoms. The topological polar surface area (TPSA) is 102 Å². The summed E-state index contributed by atoms with van der Waals surface area (Å²) >= 11 is 3.30. The van der Waals surface area contributed by atoms with Crippen molar-refractivity contribution in [2.45, 2.75) is 0 Å². The highest BCUT2D eigenvalue weighted by Gasteiger charge is 2.15. The highest BCUT2D eigenvalue weighted by Crippen LogP contribution is 2.21. The number of hydrogen-bond acceptors (Lipinski definition) is 5. The van der Waals surface area contributed by atoms with E-state index in [4.69, 9.17) is 4.42 Å². The molecule has 120 valence electrons. The summed E-state index contributed by atoms with van der Waals surface area (Å²) < 4.78 is 5.90. The monoisotopic (exact) mass is 388 g/mol. The van der Waals surface area contributed by atoms with Crippen LogP contribution in [-0.4, -0.2) is 10.8 Å². The minimum absolute atomic E-state index is 0.165. The number of nitrogens with zero attached hydrogens (tertiary/aromatic N) is 1. The molecule has 1 N–H and O–H groups in total. The number of nitrogens with one attached hydrogen (secondary N) is 1. The van der Waals surface area contributed by atoms with Crippen molar-refractivity contribution in [1.29, 1.82) is 0 Å². The normalized spacial score (nSPS) is 10.5. The Balaban J connectivity index is 1.96. The summed E-state index contributed by atoms with van der Waals surface area (Å²) in [6.07, 6.45) is 0. The van der Waals surface area contributed by atoms with E-state index in [1.165, 1.54) is 30.3 Å². The van der Waals surface area contributed by atoms with E-state index in [1.54, 1.807) is 18.2 Å². The maximum Gasteiger partial charge on any atom is 0.349 e. The average Bonchev–Trinajstić information content (AvgIpc) is 2.54. The van der Waals surface area contributed by atoms with Crippen molar-refractivity contribution >= 4 is 44.2 Å². The molecule has 1 aromatic heterocycles. The molecule has 24 heavy (non-hydrogen) atoms. The predicted octanol–water partition coefficient (Wildman–Crippen LogP) is 3.72. The molecule has 8 heteroatoms. The molecule has 0 aliphatic rings. The highest BCUT2D eigenvalue weighted by atomic mass is 79.9. The lowest BCUT2D eigenvalue weighted by Gasteiger charge is -2.05. The van der Waals surface area contributed by atoms with E-state index in [-0.39, 0.29) is 16.9 Å². The van der Waals surface area contributed by atoms with Gasteiger partial charge < -0.3 is 9.73 Å². The Morgan fingerprint density at radius 3 is 2.71 bits per heavy atom. The number of hydrogen-bond donors (Lipinski definition) is 1. The van der Waals surface area contributed by atoms with Crippen LogP contribution in [0.2, 0.25) is 0 Å². The molecule has 3 rings (SSSR count). The number of rotatable bonds is 3. The molecule has 0 atom stereocenters. The second-order valence-corrected chi connectivity index (χ2v) is 5.81. The molecule has 0 saturated carbocycles. The first-order valence-corrected chi connectivity index (χ1v) is 7.52. The van der Waals surface area contributed by atoms with Crippen molar-refractivity contribution in [2.24, 2.45) is 0 Å². The standard InChI is InChI=1S/C16H9BrN2O5/c17-10-4-5-14-9(6-10)7-13(16(21)24-14)15(20)18-11-2-1-3-12(8-11)19(22)23/h1-8H,(H,18,20). The van der Waals surface area contributed by atoms with Crippen molar-refractivity contribution in [1.82, 2.24) is 0 Å². The van der Waals surface area contributed by atoms with Gasteiger partial charge in [0.1, 0.15) is 11.1 Å². The van der Waals surface area contributed by atoms with Crippen molar-refractivity contribution in [3.05, 3.63) is 79.1 Å². The molecule has 7 nitrogen and oxygen atoms in total. The summed E-state index contributed by atoms with van der Waals surface area (Å²) in [7, 11) is 0. The third-order valence-electron chi connectivity index (χ3n) is 3.25. The lowest BCUT2D eigenvalue weighted by Crippen LogP contribution is -2.20. The zero-order chi connectivity index (χ0) is 17.3. The SMILES string of the molecule is O=C(Nc1cccc([N+](=O)[O-])c1)c1cc2cc(Br)ccc2oc1=O. The number of halogens is 1. The second kappa shape index (κ2) is 6.25. The minimum Gasteiger partial charge on any atom is -0.422 e. The molecular weight excluding hydrogens is 380 g/mol. The van der Waals surface area contributed by atoms with Gasteiger partial charge in [0, 0.05) is 27.7 Å². The maximum absolute atomic E-state index is 12.3. The summed E-state index contributed by atoms with van der Waals surface area (Å²) in [5.74, 6) is -0.703. The van der Waals surface area contributed by atoms with Gasteiger partial charge in [0.15, 0.2) is 0 Å². The number of carbonyl (C=O) groups is 1. The summed E-state index contributed by atoms with van der Waals surface area (Å²) in [6.45, 7) is 0. The Hall–Kier alpha value is -3.00. The van der Waals surface area contributed by atoms with Crippen molar-refractivity contribution in [2.75, 3.05) is 5.32 Å². The number of non-ortho nitro benzene ring substituents is 1. The molecule has 0 fully saturated rings. The van der Waals surface area contributed by atoms with Crippen LogP contribution in [0.5, 0.6) is 0 Å². The number of benzene rings is 2. The second-order valence-electron chi connectivity index (χ2n) is 4.89. The fraction of sp³-hybridized carbons (Fsp3) is 0. The molecule has 3 aromatic rings. The van der Waals surface area contributed by atoms with Gasteiger partial charge in [-0.2, -0.15) is 0 Å². The maximum atomic E-state index is 12.3. The smallest absolute Gasteiger partial charge is 0.349 e. The van der Waals surface area contributed by atoms with E-state index < -0.39 is 16.5 Å². The van der Waals surface area contributed by atoms with E-state index in [9.17, 15) is 19.7 Å². The number of nitro benzene ring substituents is 1. The Bertz CT molecular complexity index is 1030. The van der Waals surface area contributed by atoms with E-state index in [0.29, 0.717) is 11.0 Å². The first-order valence-electron chi connectivity index (χ1n) is 6.73. The predicted molar refractivity (Wildman–Crippen MR) is 91.2 cm³/mol. The van der Waals surface area contributed by atoms with Gasteiger partial charge in [0.25, 0.3) is 11.6 Å². The van der Waals surface area contributed by atoms with Crippen LogP contribution in [-0.2, 0) is 0 Å². The lowest BCUT2D eigenvalue weighted by atomic mass is 10.1. The number of amides is 1. The van der Waals surface area contributed by atoms with Crippen LogP contribution in [0.15, 0.2) is 62.2 Å². The van der Waals surface area contributed by atoms with Gasteiger partial charge in [-0.05, 0) is 30.3 Å². The quantitative estimate of drug-likeness (QED) is 0.418. The fourth-order valence-corrected chi connectivity index (χ4v) is 2.53. The molecule has 0 spiro atoms. The molecule has 0 saturated heterocycles. The Labute approximate surface area is 143 Å². The van der Waals surface area contributed by atoms with Crippen molar-refractivity contribution < 1.29 is 14.1 Å². The third-order valence-corrected chi connectivity index (χ3v) is 3.75. The van der Waals surface area contributed by atoms with E-state index >= 15 is 0 Å². The van der Waals surface area contributed by atoms with Gasteiger partial charge in [0.2, 0.25) is 0 Å². The Morgan fingerprint density at radius 1 is 1.17 bits per heavy atom. The number of fused-ring (bicyclic) bond motifs is 1. The van der Waals surface area contributed by atoms with Crippen LogP contribution in [0.4, 0.5) is 11.4 Å². The lowest BCUT2D eigenvalue weighted by molar-refractivity contribution is -0.384. The van der Waals surface area contributed by atoms with Gasteiger partial charge in [-0.15, -0.1) is 0 Å². The average molecular weight is 389 g/mol. The zero-order valence-electron chi connectivity index (χ0n) is 12.0. The first kappa shape index (κ1) is 15.9. The van der Waals surface area contributed by atoms with E-state index in [0.717, 1.165) is 4.47 Å². The van der Waals surface area contributed by atoms with Gasteiger partial charge in [-0.25, -0.2) is 4.79 Å². The minimum atomic E-state index is -0.784. The Morgan fingerprint density at radius 2 is 1.96 bits per heavy atom. The molecule has 0 aliphatic carbocycles. The van der Waals surface area contributed by atoms with Gasteiger partial charge in [-0.3, -0.25) is 14.9 Å². The number of anilines is 1. The van der Waals surface area contributed by atoms with Crippen molar-refractivity contribution in [3.63, 3.8) is 0 Å². The molecule has 2 aromatic carbocycles. The zero-order valence-corrected chi connectivity index (χ0v) is 13.6. The molecule has 1 amide bonds. The van der Waals surface area contributed by atoms with Crippen LogP contribution in [0.3, 0.4) is 0 Å². The molecule has 0 unspecified atom stereocenters. The summed E-state index contributed by atoms with van der Waals surface area (Å²) in [5, 5.41) is 13.8. The molecule has 0 aliphatic heterocycles. The molecular formula is C16H9BrN2O5. The summed E-state index contributed by atoms with van der Waals surface area (Å²) in [4.78, 5) is 34.5. The third kappa shape index (κ3) is 3.18. The Kier molecular flexibility index (Phi) is 4.13. The van der Waals surface area contributed by atoms with Crippen LogP contribution in [0, 0.1) is 10.1 Å². The summed E-state index contributed by atoms with van der Waals surface area (Å²) in [6, 6.07) is 11.9. The van der Waals surface area contributed by atoms with Gasteiger partial charge >= 0.3 is 5.63 Å². The molecule has 0 radical (unpaired) electrons.